The topological polar surface area (TPSA) is 90.8 Å². The predicted molar refractivity (Wildman–Crippen MR) is 121 cm³/mol. The molecule has 2 aliphatic heterocycles. The van der Waals surface area contributed by atoms with E-state index in [1.165, 1.54) is 41.0 Å². The lowest BCUT2D eigenvalue weighted by atomic mass is 10.1. The Bertz CT molecular complexity index is 1040. The summed E-state index contributed by atoms with van der Waals surface area (Å²) in [5, 5.41) is 4.76. The first-order valence-corrected chi connectivity index (χ1v) is 12.6. The van der Waals surface area contributed by atoms with Gasteiger partial charge in [0.05, 0.1) is 6.26 Å². The number of amides is 1. The summed E-state index contributed by atoms with van der Waals surface area (Å²) in [6.07, 6.45) is 4.95. The van der Waals surface area contributed by atoms with Gasteiger partial charge in [-0.2, -0.15) is 4.68 Å². The lowest BCUT2D eigenvalue weighted by molar-refractivity contribution is 0.134. The molecule has 168 valence electrons. The second-order valence-electron chi connectivity index (χ2n) is 8.03. The molecule has 0 atom stereocenters. The number of hydrogen-bond acceptors (Lipinski definition) is 6. The van der Waals surface area contributed by atoms with E-state index < -0.39 is 10.0 Å². The molecule has 3 heterocycles. The molecule has 1 aromatic heterocycles. The quantitative estimate of drug-likeness (QED) is 0.727. The van der Waals surface area contributed by atoms with Gasteiger partial charge in [0.1, 0.15) is 0 Å². The summed E-state index contributed by atoms with van der Waals surface area (Å²) in [5.41, 5.74) is 2.47. The molecule has 2 aliphatic rings. The average molecular weight is 467 g/mol. The lowest BCUT2D eigenvalue weighted by Gasteiger charge is -2.35. The molecular formula is C20H27ClN6O3S. The van der Waals surface area contributed by atoms with Gasteiger partial charge >= 0.3 is 6.03 Å². The van der Waals surface area contributed by atoms with E-state index in [1.807, 2.05) is 12.1 Å². The van der Waals surface area contributed by atoms with Crippen LogP contribution in [0.5, 0.6) is 0 Å². The Morgan fingerprint density at radius 2 is 1.81 bits per heavy atom. The van der Waals surface area contributed by atoms with E-state index in [4.69, 9.17) is 11.6 Å². The molecule has 0 bridgehead atoms. The number of benzene rings is 1. The highest BCUT2D eigenvalue weighted by molar-refractivity contribution is 7.92. The molecule has 0 aliphatic carbocycles. The van der Waals surface area contributed by atoms with Crippen molar-refractivity contribution in [3.8, 4) is 0 Å². The Kier molecular flexibility index (Phi) is 6.40. The Labute approximate surface area is 187 Å². The molecule has 4 rings (SSSR count). The van der Waals surface area contributed by atoms with E-state index in [2.05, 4.69) is 25.7 Å². The van der Waals surface area contributed by atoms with Crippen molar-refractivity contribution < 1.29 is 13.2 Å². The van der Waals surface area contributed by atoms with Crippen LogP contribution in [0.1, 0.15) is 18.4 Å². The van der Waals surface area contributed by atoms with Crippen molar-refractivity contribution in [1.82, 2.24) is 19.6 Å². The smallest absolute Gasteiger partial charge is 0.344 e. The van der Waals surface area contributed by atoms with Gasteiger partial charge in [-0.25, -0.2) is 13.2 Å². The van der Waals surface area contributed by atoms with Crippen LogP contribution in [0, 0.1) is 0 Å². The van der Waals surface area contributed by atoms with Crippen molar-refractivity contribution in [2.75, 3.05) is 55.1 Å². The zero-order chi connectivity index (χ0) is 22.0. The van der Waals surface area contributed by atoms with Crippen LogP contribution < -0.4 is 9.62 Å². The van der Waals surface area contributed by atoms with Crippen LogP contribution in [0.15, 0.2) is 30.5 Å². The van der Waals surface area contributed by atoms with E-state index in [0.717, 1.165) is 44.0 Å². The van der Waals surface area contributed by atoms with Crippen molar-refractivity contribution in [1.29, 1.82) is 0 Å². The van der Waals surface area contributed by atoms with Crippen molar-refractivity contribution in [2.45, 2.75) is 19.4 Å². The number of carbonyl (C=O) groups is 1. The van der Waals surface area contributed by atoms with Crippen LogP contribution >= 0.6 is 11.6 Å². The number of rotatable bonds is 5. The molecule has 1 aromatic carbocycles. The molecule has 0 radical (unpaired) electrons. The highest BCUT2D eigenvalue weighted by Gasteiger charge is 2.24. The number of nitrogens with zero attached hydrogens (tertiary/aromatic N) is 5. The Hall–Kier alpha value is -2.30. The SMILES string of the molecule is CS(=O)(=O)Nc1ccn(C(=O)N2CCN(Cc3cc(Cl)ccc3N3CCCC3)CC2)n1. The third-order valence-corrected chi connectivity index (χ3v) is 6.42. The molecule has 2 fully saturated rings. The summed E-state index contributed by atoms with van der Waals surface area (Å²) in [6, 6.07) is 7.32. The number of nitrogens with one attached hydrogen (secondary N) is 1. The monoisotopic (exact) mass is 466 g/mol. The summed E-state index contributed by atoms with van der Waals surface area (Å²) < 4.78 is 26.1. The molecule has 2 aromatic rings. The maximum Gasteiger partial charge on any atom is 0.344 e. The summed E-state index contributed by atoms with van der Waals surface area (Å²) in [6.45, 7) is 5.59. The summed E-state index contributed by atoms with van der Waals surface area (Å²) >= 11 is 6.27. The Morgan fingerprint density at radius 1 is 1.10 bits per heavy atom. The summed E-state index contributed by atoms with van der Waals surface area (Å²) in [4.78, 5) is 19.2. The minimum absolute atomic E-state index is 0.130. The van der Waals surface area contributed by atoms with Crippen LogP contribution in [-0.2, 0) is 16.6 Å². The van der Waals surface area contributed by atoms with Gasteiger partial charge in [-0.3, -0.25) is 9.62 Å². The summed E-state index contributed by atoms with van der Waals surface area (Å²) in [7, 11) is -3.43. The number of hydrogen-bond donors (Lipinski definition) is 1. The van der Waals surface area contributed by atoms with E-state index in [9.17, 15) is 13.2 Å². The maximum atomic E-state index is 12.7. The molecule has 9 nitrogen and oxygen atoms in total. The number of piperazine rings is 1. The van der Waals surface area contributed by atoms with Gasteiger partial charge in [-0.1, -0.05) is 11.6 Å². The minimum atomic E-state index is -3.43. The van der Waals surface area contributed by atoms with Crippen molar-refractivity contribution >= 4 is 39.2 Å². The molecule has 11 heteroatoms. The van der Waals surface area contributed by atoms with Gasteiger partial charge in [0, 0.05) is 68.8 Å². The fourth-order valence-electron chi connectivity index (χ4n) is 4.11. The van der Waals surface area contributed by atoms with Crippen LogP contribution in [0.3, 0.4) is 0 Å². The predicted octanol–water partition coefficient (Wildman–Crippen LogP) is 2.29. The minimum Gasteiger partial charge on any atom is -0.371 e. The first-order valence-electron chi connectivity index (χ1n) is 10.4. The average Bonchev–Trinajstić information content (AvgIpc) is 3.39. The molecule has 0 saturated carbocycles. The number of sulfonamides is 1. The van der Waals surface area contributed by atoms with Crippen LogP contribution in [0.2, 0.25) is 5.02 Å². The van der Waals surface area contributed by atoms with Gasteiger partial charge in [0.15, 0.2) is 5.82 Å². The fourth-order valence-corrected chi connectivity index (χ4v) is 4.79. The molecule has 0 unspecified atom stereocenters. The molecule has 1 amide bonds. The van der Waals surface area contributed by atoms with Gasteiger partial charge in [0.2, 0.25) is 10.0 Å². The Morgan fingerprint density at radius 3 is 2.48 bits per heavy atom. The second kappa shape index (κ2) is 9.05. The van der Waals surface area contributed by atoms with Crippen molar-refractivity contribution in [3.05, 3.63) is 41.0 Å². The van der Waals surface area contributed by atoms with Crippen LogP contribution in [0.4, 0.5) is 16.3 Å². The van der Waals surface area contributed by atoms with Gasteiger partial charge < -0.3 is 9.80 Å². The Balaban J connectivity index is 1.36. The van der Waals surface area contributed by atoms with Crippen molar-refractivity contribution in [2.24, 2.45) is 0 Å². The number of halogens is 1. The molecule has 1 N–H and O–H groups in total. The number of anilines is 2. The highest BCUT2D eigenvalue weighted by atomic mass is 35.5. The number of carbonyl (C=O) groups excluding carboxylic acids is 1. The van der Waals surface area contributed by atoms with Gasteiger partial charge in [0.25, 0.3) is 0 Å². The fraction of sp³-hybridized carbons (Fsp3) is 0.500. The van der Waals surface area contributed by atoms with Gasteiger partial charge in [-0.15, -0.1) is 5.10 Å². The van der Waals surface area contributed by atoms with E-state index in [-0.39, 0.29) is 11.8 Å². The van der Waals surface area contributed by atoms with E-state index >= 15 is 0 Å². The molecular weight excluding hydrogens is 440 g/mol. The zero-order valence-corrected chi connectivity index (χ0v) is 19.1. The molecule has 2 saturated heterocycles. The van der Waals surface area contributed by atoms with Gasteiger partial charge in [-0.05, 0) is 36.6 Å². The largest absolute Gasteiger partial charge is 0.371 e. The third kappa shape index (κ3) is 5.50. The normalized spacial score (nSPS) is 17.9. The number of aromatic nitrogens is 2. The lowest BCUT2D eigenvalue weighted by Crippen LogP contribution is -2.49. The first-order chi connectivity index (χ1) is 14.8. The molecule has 31 heavy (non-hydrogen) atoms. The van der Waals surface area contributed by atoms with Crippen molar-refractivity contribution in [3.63, 3.8) is 0 Å². The second-order valence-corrected chi connectivity index (χ2v) is 10.2. The van der Waals surface area contributed by atoms with Crippen LogP contribution in [0.25, 0.3) is 0 Å². The zero-order valence-electron chi connectivity index (χ0n) is 17.5. The standard InChI is InChI=1S/C20H27ClN6O3S/c1-31(29,30)23-19-6-9-27(22-19)20(28)26-12-10-24(11-13-26)15-16-14-17(21)4-5-18(16)25-7-2-3-8-25/h4-6,9,14H,2-3,7-8,10-13,15H2,1H3,(H,22,23). The summed E-state index contributed by atoms with van der Waals surface area (Å²) in [5.74, 6) is 0.130. The van der Waals surface area contributed by atoms with E-state index in [0.29, 0.717) is 13.1 Å². The third-order valence-electron chi connectivity index (χ3n) is 5.60. The first kappa shape index (κ1) is 21.9. The maximum absolute atomic E-state index is 12.7. The van der Waals surface area contributed by atoms with E-state index in [1.54, 1.807) is 4.90 Å². The van der Waals surface area contributed by atoms with Crippen LogP contribution in [-0.4, -0.2) is 79.6 Å². The molecule has 0 spiro atoms. The highest BCUT2D eigenvalue weighted by Crippen LogP contribution is 2.28.